The van der Waals surface area contributed by atoms with Gasteiger partial charge in [0.2, 0.25) is 0 Å². The molecule has 0 spiro atoms. The number of rotatable bonds is 5. The molecule has 20 heavy (non-hydrogen) atoms. The topological polar surface area (TPSA) is 76.1 Å². The third-order valence-corrected chi connectivity index (χ3v) is 4.77. The summed E-state index contributed by atoms with van der Waals surface area (Å²) in [7, 11) is 0. The van der Waals surface area contributed by atoms with Gasteiger partial charge in [-0.1, -0.05) is 24.1 Å². The summed E-state index contributed by atoms with van der Waals surface area (Å²) in [6.07, 6.45) is -0.130. The molecule has 1 heterocycles. The van der Waals surface area contributed by atoms with Crippen molar-refractivity contribution in [2.75, 3.05) is 0 Å². The van der Waals surface area contributed by atoms with Crippen molar-refractivity contribution in [3.8, 4) is 0 Å². The Kier molecular flexibility index (Phi) is 6.34. The van der Waals surface area contributed by atoms with Crippen molar-refractivity contribution in [1.29, 1.82) is 0 Å². The maximum absolute atomic E-state index is 11.8. The fraction of sp³-hybridized carbons (Fsp3) is 0.308. The molecule has 7 heteroatoms. The van der Waals surface area contributed by atoms with E-state index in [9.17, 15) is 15.0 Å². The molecule has 0 aliphatic carbocycles. The maximum Gasteiger partial charge on any atom is 2.00 e. The summed E-state index contributed by atoms with van der Waals surface area (Å²) in [6, 6.07) is 7.41. The summed E-state index contributed by atoms with van der Waals surface area (Å²) in [4.78, 5) is 15.3. The van der Waals surface area contributed by atoms with Crippen molar-refractivity contribution >= 4 is 82.5 Å². The number of para-hydroxylation sites is 1. The van der Waals surface area contributed by atoms with Crippen LogP contribution in [0, 0.1) is 0 Å². The Balaban J connectivity index is 0.00000200. The van der Waals surface area contributed by atoms with E-state index in [1.165, 1.54) is 11.3 Å². The van der Waals surface area contributed by atoms with Gasteiger partial charge in [0.05, 0.1) is 10.2 Å². The third-order valence-electron chi connectivity index (χ3n) is 3.14. The summed E-state index contributed by atoms with van der Waals surface area (Å²) in [6.45, 7) is 1.74. The maximum atomic E-state index is 11.8. The van der Waals surface area contributed by atoms with E-state index < -0.39 is 22.9 Å². The predicted octanol–water partition coefficient (Wildman–Crippen LogP) is 0.391. The molecule has 2 aromatic rings. The average Bonchev–Trinajstić information content (AvgIpc) is 2.79. The molecule has 100 valence electrons. The summed E-state index contributed by atoms with van der Waals surface area (Å²) in [5.41, 5.74) is -0.507. The number of thiazole rings is 1. The fourth-order valence-corrected chi connectivity index (χ4v) is 3.58. The van der Waals surface area contributed by atoms with Crippen molar-refractivity contribution in [3.63, 3.8) is 0 Å². The van der Waals surface area contributed by atoms with Crippen LogP contribution in [0.25, 0.3) is 10.2 Å². The number of aromatic nitrogens is 1. The van der Waals surface area contributed by atoms with Gasteiger partial charge in [-0.25, -0.2) is 4.98 Å². The van der Waals surface area contributed by atoms with Crippen LogP contribution in [0.15, 0.2) is 24.3 Å². The fourth-order valence-electron chi connectivity index (χ4n) is 1.98. The Labute approximate surface area is 155 Å². The first-order valence-corrected chi connectivity index (χ1v) is 6.99. The molecule has 0 N–H and O–H groups in total. The Morgan fingerprint density at radius 3 is 2.55 bits per heavy atom. The zero-order chi connectivity index (χ0) is 14.0. The molecule has 1 aromatic heterocycles. The van der Waals surface area contributed by atoms with Crippen LogP contribution in [0.4, 0.5) is 0 Å². The molecule has 0 radical (unpaired) electrons. The van der Waals surface area contributed by atoms with Crippen LogP contribution >= 0.6 is 23.6 Å². The molecular weight excluding hydrogens is 322 g/mol. The quantitative estimate of drug-likeness (QED) is 0.584. The summed E-state index contributed by atoms with van der Waals surface area (Å²) in [5, 5.41) is 22.6. The van der Waals surface area contributed by atoms with E-state index in [4.69, 9.17) is 12.2 Å². The van der Waals surface area contributed by atoms with Gasteiger partial charge in [-0.3, -0.25) is 0 Å². The smallest absolute Gasteiger partial charge is 0.867 e. The zero-order valence-corrected chi connectivity index (χ0v) is 14.8. The van der Waals surface area contributed by atoms with Gasteiger partial charge in [0, 0.05) is 17.8 Å². The van der Waals surface area contributed by atoms with Gasteiger partial charge in [-0.2, -0.15) is 0 Å². The molecule has 2 rings (SSSR count). The number of benzene rings is 1. The minimum absolute atomic E-state index is 0. The number of carbonyl (C=O) groups is 1. The second-order valence-electron chi connectivity index (χ2n) is 4.26. The number of carboxylic acids is 1. The largest absolute Gasteiger partial charge is 2.00 e. The van der Waals surface area contributed by atoms with E-state index in [1.54, 1.807) is 6.92 Å². The molecule has 0 saturated heterocycles. The van der Waals surface area contributed by atoms with Gasteiger partial charge in [0.1, 0.15) is 5.01 Å². The number of nitrogens with zero attached hydrogens (tertiary/aromatic N) is 1. The first-order valence-electron chi connectivity index (χ1n) is 5.77. The molecule has 0 fully saturated rings. The number of hydrogen-bond acceptors (Lipinski definition) is 6. The SMILES string of the molecule is CCC(CC(=O)[O-])(C([O-])=S)c1nc2ccccc2s1.[Ca+2]. The van der Waals surface area contributed by atoms with Gasteiger partial charge >= 0.3 is 37.7 Å². The predicted molar refractivity (Wildman–Crippen MR) is 79.6 cm³/mol. The molecule has 0 aliphatic rings. The Bertz CT molecular complexity index is 610. The van der Waals surface area contributed by atoms with Crippen molar-refractivity contribution in [1.82, 2.24) is 4.98 Å². The van der Waals surface area contributed by atoms with Gasteiger partial charge in [-0.15, -0.1) is 23.6 Å². The van der Waals surface area contributed by atoms with Crippen LogP contribution in [0.1, 0.15) is 24.8 Å². The number of hydrogen-bond donors (Lipinski definition) is 0. The Morgan fingerprint density at radius 2 is 2.05 bits per heavy atom. The molecule has 0 amide bonds. The number of aliphatic carboxylic acids is 1. The van der Waals surface area contributed by atoms with Crippen LogP contribution in [-0.4, -0.2) is 53.7 Å². The summed E-state index contributed by atoms with van der Waals surface area (Å²) >= 11 is 6.06. The third kappa shape index (κ3) is 3.31. The Hall–Kier alpha value is -0.270. The molecule has 1 atom stereocenters. The van der Waals surface area contributed by atoms with Crippen LogP contribution < -0.4 is 10.2 Å². The van der Waals surface area contributed by atoms with Crippen molar-refractivity contribution < 1.29 is 15.0 Å². The van der Waals surface area contributed by atoms with Crippen LogP contribution in [0.5, 0.6) is 0 Å². The minimum Gasteiger partial charge on any atom is -0.867 e. The molecule has 1 unspecified atom stereocenters. The summed E-state index contributed by atoms with van der Waals surface area (Å²) in [5.74, 6) is -1.29. The van der Waals surface area contributed by atoms with Crippen molar-refractivity contribution in [2.24, 2.45) is 0 Å². The zero-order valence-electron chi connectivity index (χ0n) is 10.9. The van der Waals surface area contributed by atoms with E-state index in [-0.39, 0.29) is 37.7 Å². The number of thiocarbonyl (C=S) groups is 1. The minimum atomic E-state index is -1.29. The second-order valence-corrected chi connectivity index (χ2v) is 5.66. The Morgan fingerprint density at radius 1 is 1.40 bits per heavy atom. The normalized spacial score (nSPS) is 13.4. The van der Waals surface area contributed by atoms with Crippen molar-refractivity contribution in [3.05, 3.63) is 29.3 Å². The van der Waals surface area contributed by atoms with E-state index in [0.29, 0.717) is 11.4 Å². The van der Waals surface area contributed by atoms with Gasteiger partial charge in [0.15, 0.2) is 0 Å². The summed E-state index contributed by atoms with van der Waals surface area (Å²) < 4.78 is 0.907. The van der Waals surface area contributed by atoms with E-state index in [0.717, 1.165) is 10.2 Å². The average molecular weight is 333 g/mol. The van der Waals surface area contributed by atoms with E-state index in [2.05, 4.69) is 4.98 Å². The van der Waals surface area contributed by atoms with E-state index in [1.807, 2.05) is 24.3 Å². The van der Waals surface area contributed by atoms with Crippen LogP contribution in [0.3, 0.4) is 0 Å². The number of carboxylic acid groups (broad SMARTS) is 1. The first kappa shape index (κ1) is 17.8. The monoisotopic (exact) mass is 333 g/mol. The van der Waals surface area contributed by atoms with Gasteiger partial charge < -0.3 is 15.0 Å². The molecule has 0 bridgehead atoms. The number of fused-ring (bicyclic) bond motifs is 1. The van der Waals surface area contributed by atoms with Gasteiger partial charge in [-0.05, 0) is 18.6 Å². The first-order chi connectivity index (χ1) is 8.99. The molecule has 0 aliphatic heterocycles. The van der Waals surface area contributed by atoms with Crippen LogP contribution in [0.2, 0.25) is 0 Å². The molecule has 1 aromatic carbocycles. The van der Waals surface area contributed by atoms with Crippen LogP contribution in [-0.2, 0) is 10.2 Å². The standard InChI is InChI=1S/C13H13NO3S2.Ca/c1-2-13(12(17)18,7-10(15)16)11-14-8-5-3-4-6-9(8)19-11;/h3-6H,2,7H2,1H3,(H,15,16)(H,17,18);/q;+2/p-2. The van der Waals surface area contributed by atoms with Gasteiger partial charge in [0.25, 0.3) is 0 Å². The molecule has 0 saturated carbocycles. The van der Waals surface area contributed by atoms with E-state index >= 15 is 0 Å². The van der Waals surface area contributed by atoms with Crippen molar-refractivity contribution in [2.45, 2.75) is 25.2 Å². The molecule has 4 nitrogen and oxygen atoms in total. The number of carbonyl (C=O) groups excluding carboxylic acids is 1. The molecular formula is C13H11CaNO3S2. The second kappa shape index (κ2) is 7.13.